The van der Waals surface area contributed by atoms with Gasteiger partial charge in [0.1, 0.15) is 22.5 Å². The molecule has 39 heavy (non-hydrogen) atoms. The first kappa shape index (κ1) is 28.2. The highest BCUT2D eigenvalue weighted by Crippen LogP contribution is 2.35. The molecule has 2 N–H and O–H groups in total. The Labute approximate surface area is 227 Å². The molecule has 0 radical (unpaired) electrons. The first-order valence-electron chi connectivity index (χ1n) is 12.4. The van der Waals surface area contributed by atoms with E-state index in [1.54, 1.807) is 55.5 Å². The average Bonchev–Trinajstić information content (AvgIpc) is 2.96. The van der Waals surface area contributed by atoms with Crippen LogP contribution in [-0.2, 0) is 16.7 Å². The molecule has 1 fully saturated rings. The van der Waals surface area contributed by atoms with Gasteiger partial charge >= 0.3 is 0 Å². The van der Waals surface area contributed by atoms with Crippen molar-refractivity contribution in [3.8, 4) is 22.9 Å². The Hall–Kier alpha value is -3.83. The number of anilines is 1. The number of piperidine rings is 1. The van der Waals surface area contributed by atoms with Crippen molar-refractivity contribution in [3.63, 3.8) is 0 Å². The second-order valence-corrected chi connectivity index (χ2v) is 9.88. The maximum atomic E-state index is 14.7. The fourth-order valence-corrected chi connectivity index (χ4v) is 4.78. The minimum atomic E-state index is -1.89. The van der Waals surface area contributed by atoms with Crippen LogP contribution in [0.25, 0.3) is 11.3 Å². The monoisotopic (exact) mass is 555 g/mol. The number of benzene rings is 2. The van der Waals surface area contributed by atoms with Gasteiger partial charge in [0.25, 0.3) is 0 Å². The van der Waals surface area contributed by atoms with Crippen LogP contribution in [0.1, 0.15) is 30.7 Å². The molecule has 1 aliphatic rings. The average molecular weight is 556 g/mol. The van der Waals surface area contributed by atoms with Crippen molar-refractivity contribution in [2.75, 3.05) is 17.8 Å². The first-order valence-corrected chi connectivity index (χ1v) is 13.7. The standard InChI is InChI=1S/C23H17F3N4O2S.C5H11N/c1-14-27-11-9-18(29-14)16-8-5-10-28-23(16)32-19-12-17(24)22(21(26)20(19)25)30-33(31)13-15-6-3-2-4-7-15;1-2-4-6-5-3-1/h2-12,30H,13H2,1H3;6H,1-5H2. The van der Waals surface area contributed by atoms with E-state index in [2.05, 4.69) is 25.0 Å². The van der Waals surface area contributed by atoms with Crippen LogP contribution >= 0.6 is 0 Å². The zero-order valence-electron chi connectivity index (χ0n) is 21.3. The Morgan fingerprint density at radius 3 is 2.38 bits per heavy atom. The molecule has 0 saturated carbocycles. The van der Waals surface area contributed by atoms with E-state index in [1.807, 2.05) is 0 Å². The van der Waals surface area contributed by atoms with Gasteiger partial charge in [-0.15, -0.1) is 0 Å². The van der Waals surface area contributed by atoms with Crippen LogP contribution in [0.4, 0.5) is 18.9 Å². The summed E-state index contributed by atoms with van der Waals surface area (Å²) in [7, 11) is -1.89. The minimum absolute atomic E-state index is 0.0186. The number of aryl methyl sites for hydroxylation is 1. The number of ether oxygens (including phenoxy) is 1. The smallest absolute Gasteiger partial charge is 0.228 e. The molecule has 1 aliphatic heterocycles. The molecule has 1 saturated heterocycles. The normalized spacial score (nSPS) is 13.6. The Kier molecular flexibility index (Phi) is 9.98. The number of aromatic nitrogens is 3. The summed E-state index contributed by atoms with van der Waals surface area (Å²) >= 11 is 0. The van der Waals surface area contributed by atoms with Crippen LogP contribution in [0, 0.1) is 24.4 Å². The lowest BCUT2D eigenvalue weighted by molar-refractivity contribution is 0.401. The number of halogens is 3. The van der Waals surface area contributed by atoms with E-state index in [1.165, 1.54) is 44.7 Å². The Bertz CT molecular complexity index is 1410. The van der Waals surface area contributed by atoms with E-state index in [9.17, 15) is 17.4 Å². The second-order valence-electron chi connectivity index (χ2n) is 8.69. The molecule has 3 heterocycles. The quantitative estimate of drug-likeness (QED) is 0.268. The van der Waals surface area contributed by atoms with Crippen LogP contribution in [0.2, 0.25) is 0 Å². The third-order valence-corrected chi connectivity index (χ3v) is 6.75. The molecular formula is C28H28F3N5O2S. The molecule has 0 aliphatic carbocycles. The summed E-state index contributed by atoms with van der Waals surface area (Å²) in [6.45, 7) is 4.19. The second kappa shape index (κ2) is 13.8. The Balaban J connectivity index is 0.000000519. The van der Waals surface area contributed by atoms with Gasteiger partial charge < -0.3 is 10.1 Å². The van der Waals surface area contributed by atoms with Crippen LogP contribution in [0.15, 0.2) is 67.0 Å². The number of rotatable bonds is 7. The van der Waals surface area contributed by atoms with Gasteiger partial charge in [-0.3, -0.25) is 4.72 Å². The summed E-state index contributed by atoms with van der Waals surface area (Å²) < 4.78 is 64.0. The van der Waals surface area contributed by atoms with Crippen molar-refractivity contribution in [3.05, 3.63) is 95.8 Å². The van der Waals surface area contributed by atoms with E-state index in [0.717, 1.165) is 0 Å². The van der Waals surface area contributed by atoms with Gasteiger partial charge in [-0.05, 0) is 56.6 Å². The number of hydrogen-bond acceptors (Lipinski definition) is 6. The third kappa shape index (κ3) is 7.84. The molecule has 5 rings (SSSR count). The fraction of sp³-hybridized carbons (Fsp3) is 0.250. The highest BCUT2D eigenvalue weighted by molar-refractivity contribution is 7.85. The van der Waals surface area contributed by atoms with Crippen LogP contribution in [0.3, 0.4) is 0 Å². The summed E-state index contributed by atoms with van der Waals surface area (Å²) in [5, 5.41) is 3.28. The van der Waals surface area contributed by atoms with Crippen molar-refractivity contribution in [1.29, 1.82) is 0 Å². The summed E-state index contributed by atoms with van der Waals surface area (Å²) in [6, 6.07) is 14.2. The largest absolute Gasteiger partial charge is 0.435 e. The Morgan fingerprint density at radius 1 is 0.949 bits per heavy atom. The summed E-state index contributed by atoms with van der Waals surface area (Å²) in [5.74, 6) is -4.51. The van der Waals surface area contributed by atoms with E-state index in [-0.39, 0.29) is 11.6 Å². The molecule has 1 unspecified atom stereocenters. The number of nitrogens with one attached hydrogen (secondary N) is 2. The lowest BCUT2D eigenvalue weighted by Crippen LogP contribution is -2.21. The van der Waals surface area contributed by atoms with E-state index in [4.69, 9.17) is 4.74 Å². The Morgan fingerprint density at radius 2 is 1.72 bits per heavy atom. The predicted octanol–water partition coefficient (Wildman–Crippen LogP) is 6.09. The molecule has 204 valence electrons. The number of nitrogens with zero attached hydrogens (tertiary/aromatic N) is 3. The zero-order chi connectivity index (χ0) is 27.6. The minimum Gasteiger partial charge on any atom is -0.435 e. The summed E-state index contributed by atoms with van der Waals surface area (Å²) in [4.78, 5) is 12.3. The van der Waals surface area contributed by atoms with Crippen molar-refractivity contribution < 1.29 is 22.1 Å². The maximum Gasteiger partial charge on any atom is 0.228 e. The number of pyridine rings is 1. The van der Waals surface area contributed by atoms with Gasteiger partial charge in [-0.2, -0.15) is 4.39 Å². The highest BCUT2D eigenvalue weighted by Gasteiger charge is 2.23. The van der Waals surface area contributed by atoms with Crippen molar-refractivity contribution in [1.82, 2.24) is 20.3 Å². The van der Waals surface area contributed by atoms with Crippen molar-refractivity contribution in [2.24, 2.45) is 0 Å². The van der Waals surface area contributed by atoms with Crippen molar-refractivity contribution in [2.45, 2.75) is 31.9 Å². The van der Waals surface area contributed by atoms with Crippen LogP contribution in [-0.4, -0.2) is 32.3 Å². The van der Waals surface area contributed by atoms with Gasteiger partial charge in [0.2, 0.25) is 11.7 Å². The molecule has 1 atom stereocenters. The number of hydrogen-bond donors (Lipinski definition) is 2. The highest BCUT2D eigenvalue weighted by atomic mass is 32.2. The molecule has 4 aromatic rings. The van der Waals surface area contributed by atoms with Crippen molar-refractivity contribution >= 4 is 16.7 Å². The lowest BCUT2D eigenvalue weighted by atomic mass is 10.2. The zero-order valence-corrected chi connectivity index (χ0v) is 22.1. The molecule has 7 nitrogen and oxygen atoms in total. The van der Waals surface area contributed by atoms with Gasteiger partial charge in [0.15, 0.2) is 17.4 Å². The van der Waals surface area contributed by atoms with Crippen LogP contribution < -0.4 is 14.8 Å². The maximum absolute atomic E-state index is 14.7. The molecule has 11 heteroatoms. The SMILES string of the molecule is C1CCNCC1.Cc1nccc(-c2cccnc2Oc2cc(F)c(NS(=O)Cc3ccccc3)c(F)c2F)n1. The molecule has 0 bridgehead atoms. The molecule has 2 aromatic heterocycles. The first-order chi connectivity index (χ1) is 18.9. The summed E-state index contributed by atoms with van der Waals surface area (Å²) in [5.41, 5.74) is 0.671. The fourth-order valence-electron chi connectivity index (χ4n) is 3.80. The van der Waals surface area contributed by atoms with E-state index >= 15 is 0 Å². The molecular weight excluding hydrogens is 527 g/mol. The molecule has 0 amide bonds. The van der Waals surface area contributed by atoms with Gasteiger partial charge in [-0.1, -0.05) is 36.8 Å². The summed E-state index contributed by atoms with van der Waals surface area (Å²) in [6.07, 6.45) is 7.14. The van der Waals surface area contributed by atoms with Crippen LogP contribution in [0.5, 0.6) is 11.6 Å². The predicted molar refractivity (Wildman–Crippen MR) is 145 cm³/mol. The van der Waals surface area contributed by atoms with E-state index < -0.39 is 39.9 Å². The topological polar surface area (TPSA) is 89.0 Å². The third-order valence-electron chi connectivity index (χ3n) is 5.72. The lowest BCUT2D eigenvalue weighted by Gasteiger charge is -2.14. The van der Waals surface area contributed by atoms with Gasteiger partial charge in [-0.25, -0.2) is 27.9 Å². The van der Waals surface area contributed by atoms with E-state index in [0.29, 0.717) is 28.7 Å². The van der Waals surface area contributed by atoms with Gasteiger partial charge in [0.05, 0.1) is 17.0 Å². The molecule has 2 aromatic carbocycles. The van der Waals surface area contributed by atoms with Gasteiger partial charge in [0, 0.05) is 18.5 Å². The molecule has 0 spiro atoms.